The van der Waals surface area contributed by atoms with E-state index in [0.717, 1.165) is 0 Å². The molecule has 0 aliphatic heterocycles. The Morgan fingerprint density at radius 3 is 2.67 bits per heavy atom. The number of hydrogen-bond acceptors (Lipinski definition) is 1. The first-order valence-electron chi connectivity index (χ1n) is 5.13. The van der Waals surface area contributed by atoms with Gasteiger partial charge >= 0.3 is 5.97 Å². The Kier molecular flexibility index (Phi) is 4.61. The second-order valence-electron chi connectivity index (χ2n) is 3.56. The lowest BCUT2D eigenvalue weighted by molar-refractivity contribution is -0.136. The Hall–Kier alpha value is -1.57. The van der Waals surface area contributed by atoms with Crippen LogP contribution >= 0.6 is 0 Å². The molecule has 0 spiro atoms. The molecule has 0 radical (unpaired) electrons. The fourth-order valence-electron chi connectivity index (χ4n) is 1.37. The van der Waals surface area contributed by atoms with Crippen molar-refractivity contribution in [1.29, 1.82) is 0 Å². The summed E-state index contributed by atoms with van der Waals surface area (Å²) in [5.41, 5.74) is 1.25. The average molecular weight is 204 g/mol. The first-order chi connectivity index (χ1) is 7.20. The van der Waals surface area contributed by atoms with Gasteiger partial charge in [-0.15, -0.1) is 0 Å². The second kappa shape index (κ2) is 6.02. The highest BCUT2D eigenvalue weighted by Gasteiger charge is 1.99. The summed E-state index contributed by atoms with van der Waals surface area (Å²) in [5.74, 6) is -0.396. The Morgan fingerprint density at radius 1 is 1.40 bits per heavy atom. The summed E-state index contributed by atoms with van der Waals surface area (Å²) in [4.78, 5) is 10.3. The molecule has 0 saturated heterocycles. The van der Waals surface area contributed by atoms with Crippen molar-refractivity contribution in [3.8, 4) is 0 Å². The Morgan fingerprint density at radius 2 is 2.07 bits per heavy atom. The van der Waals surface area contributed by atoms with Gasteiger partial charge in [0.25, 0.3) is 0 Å². The van der Waals surface area contributed by atoms with Gasteiger partial charge in [-0.2, -0.15) is 0 Å². The van der Waals surface area contributed by atoms with E-state index >= 15 is 0 Å². The minimum Gasteiger partial charge on any atom is -0.481 e. The summed E-state index contributed by atoms with van der Waals surface area (Å²) in [7, 11) is 0. The number of rotatable bonds is 5. The summed E-state index contributed by atoms with van der Waals surface area (Å²) in [5, 5.41) is 8.46. The van der Waals surface area contributed by atoms with Crippen LogP contribution in [0.25, 0.3) is 0 Å². The molecule has 0 heterocycles. The lowest BCUT2D eigenvalue weighted by atomic mass is 10.0. The lowest BCUT2D eigenvalue weighted by Crippen LogP contribution is -1.92. The van der Waals surface area contributed by atoms with E-state index in [1.807, 2.05) is 24.3 Å². The fourth-order valence-corrected chi connectivity index (χ4v) is 1.37. The Bertz CT molecular complexity index is 328. The predicted octanol–water partition coefficient (Wildman–Crippen LogP) is 3.21. The van der Waals surface area contributed by atoms with Gasteiger partial charge in [-0.25, -0.2) is 0 Å². The summed E-state index contributed by atoms with van der Waals surface area (Å²) in [6.45, 7) is 2.10. The summed E-state index contributed by atoms with van der Waals surface area (Å²) < 4.78 is 0. The highest BCUT2D eigenvalue weighted by molar-refractivity contribution is 5.66. The summed E-state index contributed by atoms with van der Waals surface area (Å²) in [6, 6.07) is 10.2. The van der Waals surface area contributed by atoms with Crippen LogP contribution in [-0.4, -0.2) is 11.1 Å². The number of benzene rings is 1. The molecule has 2 nitrogen and oxygen atoms in total. The molecule has 1 unspecified atom stereocenters. The summed E-state index contributed by atoms with van der Waals surface area (Å²) >= 11 is 0. The largest absolute Gasteiger partial charge is 0.481 e. The maximum absolute atomic E-state index is 10.3. The average Bonchev–Trinajstić information content (AvgIpc) is 2.25. The molecule has 1 aromatic carbocycles. The van der Waals surface area contributed by atoms with Crippen molar-refractivity contribution >= 4 is 5.97 Å². The van der Waals surface area contributed by atoms with Gasteiger partial charge in [0.1, 0.15) is 0 Å². The van der Waals surface area contributed by atoms with E-state index in [1.165, 1.54) is 5.56 Å². The van der Waals surface area contributed by atoms with Gasteiger partial charge in [-0.1, -0.05) is 49.4 Å². The van der Waals surface area contributed by atoms with Gasteiger partial charge < -0.3 is 5.11 Å². The molecule has 1 aromatic rings. The number of aliphatic carboxylic acids is 1. The van der Waals surface area contributed by atoms with Crippen LogP contribution in [0.4, 0.5) is 0 Å². The first kappa shape index (κ1) is 11.5. The monoisotopic (exact) mass is 204 g/mol. The van der Waals surface area contributed by atoms with Crippen molar-refractivity contribution in [3.05, 3.63) is 48.0 Å². The van der Waals surface area contributed by atoms with Crippen LogP contribution in [0.3, 0.4) is 0 Å². The van der Waals surface area contributed by atoms with E-state index in [2.05, 4.69) is 25.1 Å². The molecule has 0 fully saturated rings. The van der Waals surface area contributed by atoms with Crippen LogP contribution in [0.2, 0.25) is 0 Å². The van der Waals surface area contributed by atoms with Crippen molar-refractivity contribution in [1.82, 2.24) is 0 Å². The van der Waals surface area contributed by atoms with Crippen molar-refractivity contribution in [2.75, 3.05) is 0 Å². The van der Waals surface area contributed by atoms with E-state index < -0.39 is 5.97 Å². The van der Waals surface area contributed by atoms with Gasteiger partial charge in [0.05, 0.1) is 0 Å². The molecule has 2 heteroatoms. The molecule has 0 bridgehead atoms. The standard InChI is InChI=1S/C13H16O2/c1-11(7-5-6-10-13(14)15)12-8-3-2-4-9-12/h2-5,7-9,11H,6,10H2,1H3,(H,14,15)/b7-5-. The molecule has 0 aliphatic carbocycles. The lowest BCUT2D eigenvalue weighted by Gasteiger charge is -2.05. The number of hydrogen-bond donors (Lipinski definition) is 1. The number of carbonyl (C=O) groups is 1. The normalized spacial score (nSPS) is 12.9. The van der Waals surface area contributed by atoms with Crippen LogP contribution in [0.1, 0.15) is 31.2 Å². The fraction of sp³-hybridized carbons (Fsp3) is 0.308. The van der Waals surface area contributed by atoms with Gasteiger partial charge in [-0.05, 0) is 17.9 Å². The number of allylic oxidation sites excluding steroid dienone is 2. The van der Waals surface area contributed by atoms with Crippen LogP contribution in [0.5, 0.6) is 0 Å². The van der Waals surface area contributed by atoms with E-state index in [-0.39, 0.29) is 6.42 Å². The molecule has 0 aliphatic rings. The zero-order valence-corrected chi connectivity index (χ0v) is 8.89. The molecule has 1 rings (SSSR count). The van der Waals surface area contributed by atoms with Crippen molar-refractivity contribution in [2.45, 2.75) is 25.7 Å². The van der Waals surface area contributed by atoms with E-state index in [1.54, 1.807) is 0 Å². The van der Waals surface area contributed by atoms with Gasteiger partial charge in [0, 0.05) is 6.42 Å². The Balaban J connectivity index is 2.42. The maximum atomic E-state index is 10.3. The molecule has 0 amide bonds. The van der Waals surface area contributed by atoms with Crippen molar-refractivity contribution in [2.24, 2.45) is 0 Å². The minimum atomic E-state index is -0.744. The van der Waals surface area contributed by atoms with Gasteiger partial charge in [-0.3, -0.25) is 4.79 Å². The highest BCUT2D eigenvalue weighted by atomic mass is 16.4. The third kappa shape index (κ3) is 4.45. The van der Waals surface area contributed by atoms with E-state index in [0.29, 0.717) is 12.3 Å². The molecule has 1 atom stereocenters. The summed E-state index contributed by atoms with van der Waals surface area (Å²) in [6.07, 6.45) is 4.80. The number of carboxylic acid groups (broad SMARTS) is 1. The van der Waals surface area contributed by atoms with E-state index in [4.69, 9.17) is 5.11 Å². The molecule has 1 N–H and O–H groups in total. The second-order valence-corrected chi connectivity index (χ2v) is 3.56. The van der Waals surface area contributed by atoms with Crippen LogP contribution in [0.15, 0.2) is 42.5 Å². The molecular formula is C13H16O2. The van der Waals surface area contributed by atoms with Gasteiger partial charge in [0.2, 0.25) is 0 Å². The first-order valence-corrected chi connectivity index (χ1v) is 5.13. The van der Waals surface area contributed by atoms with Crippen LogP contribution in [-0.2, 0) is 4.79 Å². The maximum Gasteiger partial charge on any atom is 0.303 e. The highest BCUT2D eigenvalue weighted by Crippen LogP contribution is 2.15. The molecule has 0 aromatic heterocycles. The van der Waals surface area contributed by atoms with Crippen molar-refractivity contribution < 1.29 is 9.90 Å². The topological polar surface area (TPSA) is 37.3 Å². The molecule has 0 saturated carbocycles. The zero-order valence-electron chi connectivity index (χ0n) is 8.89. The molecular weight excluding hydrogens is 188 g/mol. The van der Waals surface area contributed by atoms with Crippen molar-refractivity contribution in [3.63, 3.8) is 0 Å². The third-order valence-corrected chi connectivity index (χ3v) is 2.27. The van der Waals surface area contributed by atoms with Crippen LogP contribution in [0, 0.1) is 0 Å². The predicted molar refractivity (Wildman–Crippen MR) is 60.9 cm³/mol. The van der Waals surface area contributed by atoms with E-state index in [9.17, 15) is 4.79 Å². The zero-order chi connectivity index (χ0) is 11.1. The Labute approximate surface area is 90.3 Å². The smallest absolute Gasteiger partial charge is 0.303 e. The SMILES string of the molecule is CC(/C=C\CCC(=O)O)c1ccccc1. The van der Waals surface area contributed by atoms with Gasteiger partial charge in [0.15, 0.2) is 0 Å². The molecule has 80 valence electrons. The quantitative estimate of drug-likeness (QED) is 0.748. The minimum absolute atomic E-state index is 0.206. The van der Waals surface area contributed by atoms with Crippen LogP contribution < -0.4 is 0 Å². The molecule has 15 heavy (non-hydrogen) atoms. The number of carboxylic acids is 1. The third-order valence-electron chi connectivity index (χ3n) is 2.27.